The zero-order chi connectivity index (χ0) is 21.8. The Kier molecular flexibility index (Phi) is 5.80. The summed E-state index contributed by atoms with van der Waals surface area (Å²) in [6, 6.07) is 18.8. The van der Waals surface area contributed by atoms with Crippen molar-refractivity contribution in [1.82, 2.24) is 14.7 Å². The Morgan fingerprint density at radius 2 is 1.81 bits per heavy atom. The van der Waals surface area contributed by atoms with E-state index in [1.54, 1.807) is 12.1 Å². The summed E-state index contributed by atoms with van der Waals surface area (Å²) in [6.07, 6.45) is 4.02. The molecule has 4 aromatic rings. The Bertz CT molecular complexity index is 1240. The first-order valence-corrected chi connectivity index (χ1v) is 10.1. The first-order chi connectivity index (χ1) is 15.0. The van der Waals surface area contributed by atoms with Crippen molar-refractivity contribution in [1.29, 1.82) is 0 Å². The second-order valence-corrected chi connectivity index (χ2v) is 7.63. The fraction of sp³-hybridized carbons (Fsp3) is 0.160. The number of pyridine rings is 1. The molecular formula is C25H24N4O2. The van der Waals surface area contributed by atoms with Crippen LogP contribution in [0.1, 0.15) is 32.7 Å². The molecule has 0 aliphatic rings. The molecule has 6 nitrogen and oxygen atoms in total. The minimum Gasteiger partial charge on any atom is -0.352 e. The maximum Gasteiger partial charge on any atom is 0.255 e. The highest BCUT2D eigenvalue weighted by molar-refractivity contribution is 6.04. The Morgan fingerprint density at radius 3 is 2.58 bits per heavy atom. The molecule has 0 spiro atoms. The van der Waals surface area contributed by atoms with Gasteiger partial charge in [0.1, 0.15) is 5.65 Å². The number of benzene rings is 2. The maximum atomic E-state index is 12.4. The molecule has 2 N–H and O–H groups in total. The number of carbonyl (C=O) groups excluding carboxylic acids is 2. The number of nitrogens with zero attached hydrogens (tertiary/aromatic N) is 2. The fourth-order valence-corrected chi connectivity index (χ4v) is 3.38. The molecule has 0 fully saturated rings. The third-order valence-electron chi connectivity index (χ3n) is 5.06. The number of aromatic nitrogens is 2. The van der Waals surface area contributed by atoms with Crippen molar-refractivity contribution >= 4 is 23.1 Å². The molecule has 0 atom stereocenters. The molecule has 0 unspecified atom stereocenters. The average Bonchev–Trinajstić information content (AvgIpc) is 3.17. The average molecular weight is 412 g/mol. The van der Waals surface area contributed by atoms with Crippen LogP contribution in [0.3, 0.4) is 0 Å². The van der Waals surface area contributed by atoms with E-state index in [4.69, 9.17) is 0 Å². The van der Waals surface area contributed by atoms with Gasteiger partial charge in [-0.3, -0.25) is 9.59 Å². The number of amides is 2. The fourth-order valence-electron chi connectivity index (χ4n) is 3.38. The van der Waals surface area contributed by atoms with E-state index in [-0.39, 0.29) is 18.2 Å². The summed E-state index contributed by atoms with van der Waals surface area (Å²) in [5.41, 5.74) is 5.96. The van der Waals surface area contributed by atoms with Gasteiger partial charge in [-0.2, -0.15) is 0 Å². The smallest absolute Gasteiger partial charge is 0.255 e. The van der Waals surface area contributed by atoms with Gasteiger partial charge < -0.3 is 15.0 Å². The van der Waals surface area contributed by atoms with Crippen molar-refractivity contribution in [3.05, 3.63) is 101 Å². The van der Waals surface area contributed by atoms with Crippen molar-refractivity contribution in [3.8, 4) is 0 Å². The number of hydrogen-bond acceptors (Lipinski definition) is 3. The van der Waals surface area contributed by atoms with Crippen LogP contribution in [0, 0.1) is 13.8 Å². The highest BCUT2D eigenvalue weighted by Gasteiger charge is 2.10. The van der Waals surface area contributed by atoms with Crippen LogP contribution in [-0.2, 0) is 17.8 Å². The molecule has 156 valence electrons. The van der Waals surface area contributed by atoms with E-state index in [1.165, 1.54) is 0 Å². The first-order valence-electron chi connectivity index (χ1n) is 10.1. The molecule has 2 aromatic heterocycles. The molecule has 2 amide bonds. The summed E-state index contributed by atoms with van der Waals surface area (Å²) in [5, 5.41) is 5.83. The largest absolute Gasteiger partial charge is 0.352 e. The van der Waals surface area contributed by atoms with Crippen LogP contribution in [0.5, 0.6) is 0 Å². The molecule has 0 saturated heterocycles. The minimum atomic E-state index is -0.164. The molecule has 4 rings (SSSR count). The number of rotatable bonds is 6. The standard InChI is InChI=1S/C25H24N4O2/c1-17-8-10-20(11-9-17)25(31)28-21-7-3-6-19(13-21)15-26-23(30)14-22-16-29-12-4-5-18(2)24(29)27-22/h3-13,16H,14-15H2,1-2H3,(H,26,30)(H,28,31). The van der Waals surface area contributed by atoms with E-state index in [0.717, 1.165) is 28.0 Å². The number of hydrogen-bond donors (Lipinski definition) is 2. The van der Waals surface area contributed by atoms with E-state index in [0.29, 0.717) is 17.8 Å². The monoisotopic (exact) mass is 412 g/mol. The third-order valence-corrected chi connectivity index (χ3v) is 5.06. The molecule has 0 saturated carbocycles. The Labute approximate surface area is 180 Å². The molecule has 0 radical (unpaired) electrons. The summed E-state index contributed by atoms with van der Waals surface area (Å²) in [7, 11) is 0. The van der Waals surface area contributed by atoms with E-state index in [2.05, 4.69) is 15.6 Å². The van der Waals surface area contributed by atoms with Gasteiger partial charge in [0.2, 0.25) is 5.91 Å². The van der Waals surface area contributed by atoms with Crippen LogP contribution in [0.2, 0.25) is 0 Å². The van der Waals surface area contributed by atoms with Crippen LogP contribution < -0.4 is 10.6 Å². The van der Waals surface area contributed by atoms with Gasteiger partial charge in [-0.15, -0.1) is 0 Å². The molecular weight excluding hydrogens is 388 g/mol. The lowest BCUT2D eigenvalue weighted by molar-refractivity contribution is -0.120. The number of imidazole rings is 1. The van der Waals surface area contributed by atoms with Crippen LogP contribution >= 0.6 is 0 Å². The highest BCUT2D eigenvalue weighted by Crippen LogP contribution is 2.14. The zero-order valence-corrected chi connectivity index (χ0v) is 17.6. The van der Waals surface area contributed by atoms with E-state index in [1.807, 2.05) is 79.2 Å². The molecule has 6 heteroatoms. The lowest BCUT2D eigenvalue weighted by Gasteiger charge is -2.09. The van der Waals surface area contributed by atoms with Crippen molar-refractivity contribution in [3.63, 3.8) is 0 Å². The summed E-state index contributed by atoms with van der Waals surface area (Å²) in [5.74, 6) is -0.265. The zero-order valence-electron chi connectivity index (χ0n) is 17.6. The van der Waals surface area contributed by atoms with Gasteiger partial charge in [0, 0.05) is 30.2 Å². The molecule has 0 aliphatic carbocycles. The van der Waals surface area contributed by atoms with Gasteiger partial charge >= 0.3 is 0 Å². The Hall–Kier alpha value is -3.93. The molecule has 31 heavy (non-hydrogen) atoms. The Morgan fingerprint density at radius 1 is 1.00 bits per heavy atom. The van der Waals surface area contributed by atoms with Gasteiger partial charge in [0.15, 0.2) is 0 Å². The molecule has 2 aromatic carbocycles. The van der Waals surface area contributed by atoms with Crippen molar-refractivity contribution < 1.29 is 9.59 Å². The summed E-state index contributed by atoms with van der Waals surface area (Å²) < 4.78 is 1.93. The van der Waals surface area contributed by atoms with Gasteiger partial charge in [0.05, 0.1) is 12.1 Å². The van der Waals surface area contributed by atoms with E-state index < -0.39 is 0 Å². The van der Waals surface area contributed by atoms with E-state index >= 15 is 0 Å². The van der Waals surface area contributed by atoms with Crippen LogP contribution in [0.25, 0.3) is 5.65 Å². The SMILES string of the molecule is Cc1ccc(C(=O)Nc2cccc(CNC(=O)Cc3cn4cccc(C)c4n3)c2)cc1. The summed E-state index contributed by atoms with van der Waals surface area (Å²) in [4.78, 5) is 29.3. The number of fused-ring (bicyclic) bond motifs is 1. The first kappa shape index (κ1) is 20.3. The maximum absolute atomic E-state index is 12.4. The Balaban J connectivity index is 1.35. The normalized spacial score (nSPS) is 10.8. The minimum absolute atomic E-state index is 0.102. The predicted molar refractivity (Wildman–Crippen MR) is 121 cm³/mol. The lowest BCUT2D eigenvalue weighted by atomic mass is 10.1. The van der Waals surface area contributed by atoms with E-state index in [9.17, 15) is 9.59 Å². The second-order valence-electron chi connectivity index (χ2n) is 7.63. The van der Waals surface area contributed by atoms with Crippen molar-refractivity contribution in [2.45, 2.75) is 26.8 Å². The van der Waals surface area contributed by atoms with Gasteiger partial charge in [-0.1, -0.05) is 35.9 Å². The number of nitrogens with one attached hydrogen (secondary N) is 2. The van der Waals surface area contributed by atoms with Crippen LogP contribution in [-0.4, -0.2) is 21.2 Å². The van der Waals surface area contributed by atoms with Gasteiger partial charge in [0.25, 0.3) is 5.91 Å². The lowest BCUT2D eigenvalue weighted by Crippen LogP contribution is -2.24. The van der Waals surface area contributed by atoms with Gasteiger partial charge in [-0.25, -0.2) is 4.98 Å². The number of aryl methyl sites for hydroxylation is 2. The topological polar surface area (TPSA) is 75.5 Å². The second kappa shape index (κ2) is 8.83. The highest BCUT2D eigenvalue weighted by atomic mass is 16.2. The number of anilines is 1. The summed E-state index contributed by atoms with van der Waals surface area (Å²) >= 11 is 0. The van der Waals surface area contributed by atoms with Crippen molar-refractivity contribution in [2.75, 3.05) is 5.32 Å². The van der Waals surface area contributed by atoms with Crippen LogP contribution in [0.15, 0.2) is 73.1 Å². The quantitative estimate of drug-likeness (QED) is 0.501. The van der Waals surface area contributed by atoms with Gasteiger partial charge in [-0.05, 0) is 55.3 Å². The molecule has 2 heterocycles. The predicted octanol–water partition coefficient (Wildman–Crippen LogP) is 4.06. The number of carbonyl (C=O) groups is 2. The third kappa shape index (κ3) is 4.98. The van der Waals surface area contributed by atoms with Crippen molar-refractivity contribution in [2.24, 2.45) is 0 Å². The van der Waals surface area contributed by atoms with Crippen LogP contribution in [0.4, 0.5) is 5.69 Å². The summed E-state index contributed by atoms with van der Waals surface area (Å²) in [6.45, 7) is 4.35. The molecule has 0 bridgehead atoms. The molecule has 0 aliphatic heterocycles.